The molecule has 0 bridgehead atoms. The van der Waals surface area contributed by atoms with E-state index in [-0.39, 0.29) is 35.9 Å². The zero-order valence-corrected chi connectivity index (χ0v) is 21.8. The summed E-state index contributed by atoms with van der Waals surface area (Å²) in [4.78, 5) is 44.3. The summed E-state index contributed by atoms with van der Waals surface area (Å²) in [5, 5.41) is 7.19. The second-order valence-electron chi connectivity index (χ2n) is 11.2. The number of pyridine rings is 1. The highest BCUT2D eigenvalue weighted by atomic mass is 16.6. The molecule has 0 aromatic carbocycles. The first-order valence-corrected chi connectivity index (χ1v) is 12.3. The number of aromatic nitrogens is 3. The van der Waals surface area contributed by atoms with Gasteiger partial charge in [0, 0.05) is 31.3 Å². The molecule has 36 heavy (non-hydrogen) atoms. The molecule has 0 unspecified atom stereocenters. The van der Waals surface area contributed by atoms with Gasteiger partial charge in [-0.15, -0.1) is 5.10 Å². The lowest BCUT2D eigenvalue weighted by molar-refractivity contribution is -0.120. The third-order valence-corrected chi connectivity index (χ3v) is 6.58. The minimum absolute atomic E-state index is 0.0662. The third-order valence-electron chi connectivity index (χ3n) is 6.58. The quantitative estimate of drug-likeness (QED) is 0.627. The Labute approximate surface area is 211 Å². The van der Waals surface area contributed by atoms with Crippen molar-refractivity contribution in [2.45, 2.75) is 89.4 Å². The minimum Gasteiger partial charge on any atom is -0.446 e. The molecule has 194 valence electrons. The monoisotopic (exact) mass is 497 g/mol. The Morgan fingerprint density at radius 2 is 1.81 bits per heavy atom. The predicted octanol–water partition coefficient (Wildman–Crippen LogP) is 4.45. The van der Waals surface area contributed by atoms with Crippen molar-refractivity contribution in [3.63, 3.8) is 0 Å². The molecule has 0 spiro atoms. The number of amides is 2. The molecule has 2 aliphatic rings. The lowest BCUT2D eigenvalue weighted by Gasteiger charge is -2.35. The van der Waals surface area contributed by atoms with Gasteiger partial charge in [0.2, 0.25) is 5.91 Å². The van der Waals surface area contributed by atoms with Crippen LogP contribution in [0.25, 0.3) is 0 Å². The fraction of sp³-hybridized carbons (Fsp3) is 0.577. The number of nitrogens with one attached hydrogen (secondary N) is 1. The van der Waals surface area contributed by atoms with Gasteiger partial charge in [-0.2, -0.15) is 4.68 Å². The fourth-order valence-electron chi connectivity index (χ4n) is 4.06. The van der Waals surface area contributed by atoms with Crippen molar-refractivity contribution in [1.82, 2.24) is 19.7 Å². The van der Waals surface area contributed by atoms with Crippen molar-refractivity contribution in [3.05, 3.63) is 41.9 Å². The van der Waals surface area contributed by atoms with Gasteiger partial charge >= 0.3 is 12.2 Å². The van der Waals surface area contributed by atoms with Gasteiger partial charge in [-0.3, -0.25) is 9.78 Å². The zero-order valence-electron chi connectivity index (χ0n) is 21.8. The van der Waals surface area contributed by atoms with Crippen LogP contribution in [0, 0.1) is 0 Å². The molecule has 4 rings (SSSR count). The maximum absolute atomic E-state index is 13.1. The van der Waals surface area contributed by atoms with E-state index < -0.39 is 17.1 Å². The lowest BCUT2D eigenvalue weighted by atomic mass is 9.80. The number of hydrogen-bond donors (Lipinski definition) is 1. The summed E-state index contributed by atoms with van der Waals surface area (Å²) in [6.07, 6.45) is 3.62. The van der Waals surface area contributed by atoms with Crippen LogP contribution < -0.4 is 5.32 Å². The first-order chi connectivity index (χ1) is 16.8. The van der Waals surface area contributed by atoms with Crippen molar-refractivity contribution in [1.29, 1.82) is 0 Å². The molecule has 10 nitrogen and oxygen atoms in total. The van der Waals surface area contributed by atoms with Gasteiger partial charge < -0.3 is 19.7 Å². The molecule has 0 atom stereocenters. The average molecular weight is 498 g/mol. The van der Waals surface area contributed by atoms with Crippen LogP contribution in [0.1, 0.15) is 77.6 Å². The summed E-state index contributed by atoms with van der Waals surface area (Å²) in [5.74, 6) is -0.118. The van der Waals surface area contributed by atoms with E-state index in [0.717, 1.165) is 12.8 Å². The molecule has 2 aromatic heterocycles. The molecule has 2 heterocycles. The van der Waals surface area contributed by atoms with Crippen molar-refractivity contribution < 1.29 is 23.9 Å². The van der Waals surface area contributed by atoms with Crippen molar-refractivity contribution in [3.8, 4) is 0 Å². The van der Waals surface area contributed by atoms with Crippen LogP contribution in [-0.2, 0) is 19.7 Å². The van der Waals surface area contributed by atoms with Crippen molar-refractivity contribution in [2.24, 2.45) is 0 Å². The van der Waals surface area contributed by atoms with E-state index in [1.54, 1.807) is 71.0 Å². The standard InChI is InChI=1S/C26H35N5O5/c1-25(2,3)36-24(34)31-19(16-13-18(14-16)35-23(33)30(6)17-10-11-17)15-21(29-31)28-22(32)26(4,5)20-9-7-8-12-27-20/h7-9,12,15-18H,10-11,13-14H2,1-6H3,(H,28,29,32). The van der Waals surface area contributed by atoms with Crippen LogP contribution in [0.4, 0.5) is 15.4 Å². The number of carbonyl (C=O) groups is 3. The van der Waals surface area contributed by atoms with Gasteiger partial charge in [0.15, 0.2) is 5.82 Å². The number of hydrogen-bond acceptors (Lipinski definition) is 7. The van der Waals surface area contributed by atoms with Gasteiger partial charge in [-0.1, -0.05) is 6.07 Å². The van der Waals surface area contributed by atoms with Gasteiger partial charge in [-0.25, -0.2) is 9.59 Å². The summed E-state index contributed by atoms with van der Waals surface area (Å²) in [6, 6.07) is 7.38. The maximum atomic E-state index is 13.1. The SMILES string of the molecule is CN(C(=O)OC1CC(c2cc(NC(=O)C(C)(C)c3ccccn3)nn2C(=O)OC(C)(C)C)C1)C1CC1. The Morgan fingerprint density at radius 3 is 2.39 bits per heavy atom. The second kappa shape index (κ2) is 9.55. The van der Waals surface area contributed by atoms with Gasteiger partial charge in [0.05, 0.1) is 16.8 Å². The molecule has 2 aromatic rings. The van der Waals surface area contributed by atoms with E-state index in [1.807, 2.05) is 6.07 Å². The first-order valence-electron chi connectivity index (χ1n) is 12.3. The van der Waals surface area contributed by atoms with E-state index in [9.17, 15) is 14.4 Å². The fourth-order valence-corrected chi connectivity index (χ4v) is 4.06. The molecule has 0 radical (unpaired) electrons. The second-order valence-corrected chi connectivity index (χ2v) is 11.2. The Morgan fingerprint density at radius 1 is 1.11 bits per heavy atom. The number of ether oxygens (including phenoxy) is 2. The van der Waals surface area contributed by atoms with Gasteiger partial charge in [0.25, 0.3) is 0 Å². The maximum Gasteiger partial charge on any atom is 0.435 e. The van der Waals surface area contributed by atoms with Crippen molar-refractivity contribution in [2.75, 3.05) is 12.4 Å². The van der Waals surface area contributed by atoms with E-state index in [4.69, 9.17) is 9.47 Å². The molecule has 2 fully saturated rings. The van der Waals surface area contributed by atoms with Crippen molar-refractivity contribution >= 4 is 23.9 Å². The molecule has 0 aliphatic heterocycles. The minimum atomic E-state index is -0.916. The highest BCUT2D eigenvalue weighted by molar-refractivity contribution is 5.97. The number of rotatable bonds is 6. The molecular formula is C26H35N5O5. The summed E-state index contributed by atoms with van der Waals surface area (Å²) < 4.78 is 12.4. The van der Waals surface area contributed by atoms with E-state index in [0.29, 0.717) is 24.2 Å². The Bertz CT molecular complexity index is 1130. The summed E-state index contributed by atoms with van der Waals surface area (Å²) in [5.41, 5.74) is -0.400. The zero-order chi connectivity index (χ0) is 26.3. The largest absolute Gasteiger partial charge is 0.446 e. The normalized spacial score (nSPS) is 19.7. The van der Waals surface area contributed by atoms with Crippen LogP contribution in [0.3, 0.4) is 0 Å². The Hall–Kier alpha value is -3.43. The molecule has 0 saturated heterocycles. The van der Waals surface area contributed by atoms with E-state index in [1.165, 1.54) is 4.68 Å². The Kier molecular flexibility index (Phi) is 6.81. The molecule has 2 amide bonds. The highest BCUT2D eigenvalue weighted by Crippen LogP contribution is 2.40. The highest BCUT2D eigenvalue weighted by Gasteiger charge is 2.40. The molecular weight excluding hydrogens is 462 g/mol. The van der Waals surface area contributed by atoms with Gasteiger partial charge in [0.1, 0.15) is 11.7 Å². The molecule has 2 aliphatic carbocycles. The molecule has 10 heteroatoms. The number of nitrogens with zero attached hydrogens (tertiary/aromatic N) is 4. The van der Waals surface area contributed by atoms with Crippen LogP contribution in [0.2, 0.25) is 0 Å². The van der Waals surface area contributed by atoms with Crippen LogP contribution in [-0.4, -0.2) is 62.6 Å². The first kappa shape index (κ1) is 25.7. The topological polar surface area (TPSA) is 116 Å². The summed E-state index contributed by atoms with van der Waals surface area (Å²) in [7, 11) is 1.76. The van der Waals surface area contributed by atoms with Crippen LogP contribution >= 0.6 is 0 Å². The van der Waals surface area contributed by atoms with E-state index >= 15 is 0 Å². The van der Waals surface area contributed by atoms with Crippen LogP contribution in [0.15, 0.2) is 30.5 Å². The molecule has 2 saturated carbocycles. The van der Waals surface area contributed by atoms with Gasteiger partial charge in [-0.05, 0) is 72.4 Å². The number of anilines is 1. The average Bonchev–Trinajstić information content (AvgIpc) is 3.55. The molecule has 1 N–H and O–H groups in total. The lowest BCUT2D eigenvalue weighted by Crippen LogP contribution is -2.39. The number of carbonyl (C=O) groups excluding carboxylic acids is 3. The third kappa shape index (κ3) is 5.68. The van der Waals surface area contributed by atoms with E-state index in [2.05, 4.69) is 15.4 Å². The van der Waals surface area contributed by atoms with Crippen LogP contribution in [0.5, 0.6) is 0 Å². The summed E-state index contributed by atoms with van der Waals surface area (Å²) in [6.45, 7) is 8.89. The smallest absolute Gasteiger partial charge is 0.435 e. The Balaban J connectivity index is 1.49. The predicted molar refractivity (Wildman–Crippen MR) is 133 cm³/mol. The summed E-state index contributed by atoms with van der Waals surface area (Å²) >= 11 is 0.